The molecule has 4 rings (SSSR count). The number of nitriles is 1. The minimum atomic E-state index is 0.385. The minimum absolute atomic E-state index is 0.385. The van der Waals surface area contributed by atoms with Gasteiger partial charge in [-0.25, -0.2) is 0 Å². The number of hydrogen-bond acceptors (Lipinski definition) is 2. The third-order valence-electron chi connectivity index (χ3n) is 11.0. The molecule has 0 amide bonds. The molecule has 0 unspecified atom stereocenters. The fourth-order valence-electron chi connectivity index (χ4n) is 9.20. The Morgan fingerprint density at radius 2 is 1.85 bits per heavy atom. The van der Waals surface area contributed by atoms with Crippen molar-refractivity contribution in [1.29, 1.82) is 5.26 Å². The highest BCUT2D eigenvalue weighted by Gasteiger charge is 2.59. The standard InChI is InChI=1S/C31H51NO/c1-22(2)9-8-10-23(3)27-13-14-28-26-12-11-24-21-25(33-20-7-6-19-32)15-17-30(24,4)29(26)16-18-31(27,28)5/h11,22-23,25-29H,6-10,12-18,20-21H2,1-5H3/t23-,25+,26+,27-,28+,29+,30+,31-/m1/s1. The molecule has 0 aromatic carbocycles. The Labute approximate surface area is 204 Å². The molecule has 0 bridgehead atoms. The zero-order valence-electron chi connectivity index (χ0n) is 22.4. The van der Waals surface area contributed by atoms with Crippen LogP contribution in [0.3, 0.4) is 0 Å². The summed E-state index contributed by atoms with van der Waals surface area (Å²) in [5.41, 5.74) is 2.72. The van der Waals surface area contributed by atoms with Crippen LogP contribution in [-0.4, -0.2) is 12.7 Å². The van der Waals surface area contributed by atoms with E-state index < -0.39 is 0 Å². The zero-order valence-corrected chi connectivity index (χ0v) is 22.4. The number of rotatable bonds is 9. The van der Waals surface area contributed by atoms with Gasteiger partial charge in [0, 0.05) is 13.0 Å². The van der Waals surface area contributed by atoms with Crippen LogP contribution in [0.25, 0.3) is 0 Å². The lowest BCUT2D eigenvalue weighted by molar-refractivity contribution is -0.0640. The van der Waals surface area contributed by atoms with Crippen molar-refractivity contribution >= 4 is 0 Å². The first-order valence-corrected chi connectivity index (χ1v) is 14.5. The van der Waals surface area contributed by atoms with Crippen LogP contribution in [0.4, 0.5) is 0 Å². The molecule has 4 aliphatic carbocycles. The highest BCUT2D eigenvalue weighted by Crippen LogP contribution is 2.67. The van der Waals surface area contributed by atoms with Crippen LogP contribution in [0.15, 0.2) is 11.6 Å². The van der Waals surface area contributed by atoms with Gasteiger partial charge in [-0.05, 0) is 104 Å². The maximum absolute atomic E-state index is 8.77. The van der Waals surface area contributed by atoms with E-state index >= 15 is 0 Å². The fourth-order valence-corrected chi connectivity index (χ4v) is 9.20. The number of allylic oxidation sites excluding steroid dienone is 1. The highest BCUT2D eigenvalue weighted by atomic mass is 16.5. The lowest BCUT2D eigenvalue weighted by atomic mass is 9.47. The predicted molar refractivity (Wildman–Crippen MR) is 138 cm³/mol. The fraction of sp³-hybridized carbons (Fsp3) is 0.903. The number of unbranched alkanes of at least 4 members (excludes halogenated alkanes) is 1. The summed E-state index contributed by atoms with van der Waals surface area (Å²) in [6.07, 6.45) is 19.7. The van der Waals surface area contributed by atoms with Crippen molar-refractivity contribution < 1.29 is 4.74 Å². The van der Waals surface area contributed by atoms with Gasteiger partial charge < -0.3 is 4.74 Å². The van der Waals surface area contributed by atoms with E-state index in [-0.39, 0.29) is 0 Å². The summed E-state index contributed by atoms with van der Waals surface area (Å²) < 4.78 is 6.20. The summed E-state index contributed by atoms with van der Waals surface area (Å²) in [7, 11) is 0. The number of hydrogen-bond donors (Lipinski definition) is 0. The molecule has 0 heterocycles. The summed E-state index contributed by atoms with van der Waals surface area (Å²) in [4.78, 5) is 0. The van der Waals surface area contributed by atoms with Crippen molar-refractivity contribution in [3.63, 3.8) is 0 Å². The van der Waals surface area contributed by atoms with Crippen LogP contribution in [0.1, 0.15) is 118 Å². The summed E-state index contributed by atoms with van der Waals surface area (Å²) in [5, 5.41) is 8.77. The first-order valence-electron chi connectivity index (χ1n) is 14.5. The predicted octanol–water partition coefficient (Wildman–Crippen LogP) is 8.72. The second-order valence-electron chi connectivity index (χ2n) is 13.3. The Morgan fingerprint density at radius 1 is 1.03 bits per heavy atom. The average Bonchev–Trinajstić information content (AvgIpc) is 3.14. The van der Waals surface area contributed by atoms with Crippen LogP contribution in [-0.2, 0) is 4.74 Å². The molecule has 3 saturated carbocycles. The average molecular weight is 454 g/mol. The van der Waals surface area contributed by atoms with Gasteiger partial charge in [-0.3, -0.25) is 0 Å². The molecule has 0 saturated heterocycles. The molecule has 4 aliphatic rings. The Balaban J connectivity index is 1.40. The Morgan fingerprint density at radius 3 is 2.61 bits per heavy atom. The lowest BCUT2D eigenvalue weighted by Gasteiger charge is -2.58. The van der Waals surface area contributed by atoms with Crippen molar-refractivity contribution in [1.82, 2.24) is 0 Å². The van der Waals surface area contributed by atoms with E-state index in [0.717, 1.165) is 55.0 Å². The SMILES string of the molecule is CC(C)CCC[C@@H](C)[C@H]1CC[C@H]2[C@@H]3CC=C4C[C@@H](OCCCC#N)CC[C@]4(C)[C@H]3CC[C@]12C. The molecule has 8 atom stereocenters. The molecule has 0 spiro atoms. The van der Waals surface area contributed by atoms with E-state index in [1.165, 1.54) is 64.2 Å². The van der Waals surface area contributed by atoms with E-state index in [4.69, 9.17) is 10.00 Å². The van der Waals surface area contributed by atoms with Crippen molar-refractivity contribution in [2.75, 3.05) is 6.61 Å². The molecule has 3 fully saturated rings. The lowest BCUT2D eigenvalue weighted by Crippen LogP contribution is -2.51. The molecule has 0 aliphatic heterocycles. The molecule has 2 nitrogen and oxygen atoms in total. The van der Waals surface area contributed by atoms with Crippen LogP contribution < -0.4 is 0 Å². The van der Waals surface area contributed by atoms with Gasteiger partial charge in [0.25, 0.3) is 0 Å². The minimum Gasteiger partial charge on any atom is -0.378 e. The van der Waals surface area contributed by atoms with Crippen molar-refractivity contribution in [3.8, 4) is 6.07 Å². The van der Waals surface area contributed by atoms with E-state index in [9.17, 15) is 0 Å². The van der Waals surface area contributed by atoms with Crippen LogP contribution in [0, 0.1) is 57.7 Å². The van der Waals surface area contributed by atoms with Crippen LogP contribution >= 0.6 is 0 Å². The first-order chi connectivity index (χ1) is 15.8. The van der Waals surface area contributed by atoms with Gasteiger partial charge in [-0.15, -0.1) is 0 Å². The smallest absolute Gasteiger partial charge is 0.0622 e. The van der Waals surface area contributed by atoms with Gasteiger partial charge >= 0.3 is 0 Å². The molecule has 2 heteroatoms. The second kappa shape index (κ2) is 10.4. The molecule has 0 aromatic rings. The normalized spacial score (nSPS) is 41.0. The summed E-state index contributed by atoms with van der Waals surface area (Å²) in [6.45, 7) is 13.4. The molecular weight excluding hydrogens is 402 g/mol. The molecule has 0 aromatic heterocycles. The summed E-state index contributed by atoms with van der Waals surface area (Å²) >= 11 is 0. The zero-order chi connectivity index (χ0) is 23.6. The quantitative estimate of drug-likeness (QED) is 0.258. The maximum Gasteiger partial charge on any atom is 0.0622 e. The topological polar surface area (TPSA) is 33.0 Å². The van der Waals surface area contributed by atoms with Gasteiger partial charge in [-0.1, -0.05) is 65.5 Å². The van der Waals surface area contributed by atoms with Gasteiger partial charge in [0.2, 0.25) is 0 Å². The second-order valence-corrected chi connectivity index (χ2v) is 13.3. The number of fused-ring (bicyclic) bond motifs is 5. The third-order valence-corrected chi connectivity index (χ3v) is 11.0. The molecule has 186 valence electrons. The van der Waals surface area contributed by atoms with Gasteiger partial charge in [-0.2, -0.15) is 5.26 Å². The van der Waals surface area contributed by atoms with E-state index in [1.54, 1.807) is 5.57 Å². The van der Waals surface area contributed by atoms with Crippen molar-refractivity contribution in [3.05, 3.63) is 11.6 Å². The van der Waals surface area contributed by atoms with Crippen LogP contribution in [0.5, 0.6) is 0 Å². The van der Waals surface area contributed by atoms with Crippen molar-refractivity contribution in [2.24, 2.45) is 46.3 Å². The third kappa shape index (κ3) is 4.96. The van der Waals surface area contributed by atoms with Crippen molar-refractivity contribution in [2.45, 2.75) is 124 Å². The Hall–Kier alpha value is -0.810. The Kier molecular flexibility index (Phi) is 8.00. The van der Waals surface area contributed by atoms with Gasteiger partial charge in [0.1, 0.15) is 0 Å². The molecule has 33 heavy (non-hydrogen) atoms. The van der Waals surface area contributed by atoms with E-state index in [2.05, 4.69) is 46.8 Å². The van der Waals surface area contributed by atoms with E-state index in [0.29, 0.717) is 23.4 Å². The van der Waals surface area contributed by atoms with Crippen LogP contribution in [0.2, 0.25) is 0 Å². The monoisotopic (exact) mass is 453 g/mol. The van der Waals surface area contributed by atoms with E-state index in [1.807, 2.05) is 0 Å². The number of ether oxygens (including phenoxy) is 1. The van der Waals surface area contributed by atoms with Gasteiger partial charge in [0.15, 0.2) is 0 Å². The highest BCUT2D eigenvalue weighted by molar-refractivity contribution is 5.25. The largest absolute Gasteiger partial charge is 0.378 e. The number of nitrogens with zero attached hydrogens (tertiary/aromatic N) is 1. The van der Waals surface area contributed by atoms with Gasteiger partial charge in [0.05, 0.1) is 12.2 Å². The molecule has 0 N–H and O–H groups in total. The molecule has 0 radical (unpaired) electrons. The summed E-state index contributed by atoms with van der Waals surface area (Å²) in [5.74, 6) is 5.45. The maximum atomic E-state index is 8.77. The summed E-state index contributed by atoms with van der Waals surface area (Å²) in [6, 6.07) is 2.24. The first kappa shape index (κ1) is 25.3. The molecular formula is C31H51NO. The Bertz CT molecular complexity index is 734.